The summed E-state index contributed by atoms with van der Waals surface area (Å²) in [5.41, 5.74) is 2.69. The molecule has 0 saturated carbocycles. The van der Waals surface area contributed by atoms with Gasteiger partial charge in [0.15, 0.2) is 5.76 Å². The number of hydrogen-bond donors (Lipinski definition) is 3. The quantitative estimate of drug-likeness (QED) is 0.251. The van der Waals surface area contributed by atoms with E-state index in [4.69, 9.17) is 4.42 Å². The van der Waals surface area contributed by atoms with Crippen molar-refractivity contribution in [3.63, 3.8) is 0 Å². The molecule has 0 aliphatic heterocycles. The van der Waals surface area contributed by atoms with Crippen LogP contribution in [0.25, 0.3) is 10.2 Å². The largest absolute Gasteiger partial charge is 0.459 e. The molecule has 0 aliphatic rings. The minimum atomic E-state index is -0.348. The van der Waals surface area contributed by atoms with Crippen LogP contribution >= 0.6 is 23.1 Å². The fourth-order valence-electron chi connectivity index (χ4n) is 3.41. The number of thiophene rings is 1. The van der Waals surface area contributed by atoms with Crippen LogP contribution < -0.4 is 16.2 Å². The molecule has 4 aromatic rings. The third kappa shape index (κ3) is 5.23. The fraction of sp³-hybridized carbons (Fsp3) is 0.250. The van der Waals surface area contributed by atoms with E-state index in [1.165, 1.54) is 28.7 Å². The predicted molar refractivity (Wildman–Crippen MR) is 134 cm³/mol. The zero-order chi connectivity index (χ0) is 24.2. The van der Waals surface area contributed by atoms with Gasteiger partial charge >= 0.3 is 0 Å². The van der Waals surface area contributed by atoms with Crippen molar-refractivity contribution in [2.75, 3.05) is 13.1 Å². The van der Waals surface area contributed by atoms with Crippen LogP contribution in [0.3, 0.4) is 0 Å². The number of aromatic nitrogens is 2. The summed E-state index contributed by atoms with van der Waals surface area (Å²) < 4.78 is 5.03. The highest BCUT2D eigenvalue weighted by molar-refractivity contribution is 7.98. The molecule has 2 amide bonds. The molecule has 3 aromatic heterocycles. The molecule has 4 rings (SSSR count). The van der Waals surface area contributed by atoms with E-state index in [2.05, 4.69) is 45.7 Å². The number of thioether (sulfide) groups is 1. The van der Waals surface area contributed by atoms with Crippen molar-refractivity contribution < 1.29 is 14.0 Å². The second kappa shape index (κ2) is 10.3. The molecule has 0 fully saturated rings. The van der Waals surface area contributed by atoms with Crippen molar-refractivity contribution in [3.8, 4) is 0 Å². The SMILES string of the molecule is Cc1ccc(C)c(SCc2nc3sc(C(=O)NCCNC(=O)c4ccco4)c(C)c3c(=O)[nH]2)c1. The van der Waals surface area contributed by atoms with E-state index in [0.717, 1.165) is 4.90 Å². The average Bonchev–Trinajstić information content (AvgIpc) is 3.46. The number of carbonyl (C=O) groups excluding carboxylic acids is 2. The minimum Gasteiger partial charge on any atom is -0.459 e. The van der Waals surface area contributed by atoms with Gasteiger partial charge in [0, 0.05) is 18.0 Å². The number of hydrogen-bond acceptors (Lipinski definition) is 7. The molecule has 0 saturated heterocycles. The number of benzene rings is 1. The van der Waals surface area contributed by atoms with Gasteiger partial charge in [0.05, 0.1) is 22.3 Å². The van der Waals surface area contributed by atoms with E-state index in [1.54, 1.807) is 30.8 Å². The van der Waals surface area contributed by atoms with E-state index in [9.17, 15) is 14.4 Å². The van der Waals surface area contributed by atoms with Crippen molar-refractivity contribution in [2.45, 2.75) is 31.4 Å². The van der Waals surface area contributed by atoms with Gasteiger partial charge in [-0.05, 0) is 50.1 Å². The zero-order valence-corrected chi connectivity index (χ0v) is 20.6. The van der Waals surface area contributed by atoms with E-state index in [0.29, 0.717) is 32.2 Å². The Morgan fingerprint density at radius 2 is 1.88 bits per heavy atom. The summed E-state index contributed by atoms with van der Waals surface area (Å²) in [4.78, 5) is 46.9. The number of amides is 2. The molecule has 0 aliphatic carbocycles. The Labute approximate surface area is 204 Å². The number of carbonyl (C=O) groups is 2. The number of nitrogens with zero attached hydrogens (tertiary/aromatic N) is 1. The monoisotopic (exact) mass is 496 g/mol. The molecule has 34 heavy (non-hydrogen) atoms. The summed E-state index contributed by atoms with van der Waals surface area (Å²) >= 11 is 2.81. The summed E-state index contributed by atoms with van der Waals surface area (Å²) in [6.07, 6.45) is 1.42. The van der Waals surface area contributed by atoms with E-state index >= 15 is 0 Å². The molecule has 3 N–H and O–H groups in total. The number of furan rings is 1. The van der Waals surface area contributed by atoms with Crippen LogP contribution in [0.5, 0.6) is 0 Å². The molecule has 1 aromatic carbocycles. The summed E-state index contributed by atoms with van der Waals surface area (Å²) in [6, 6.07) is 9.45. The molecule has 0 radical (unpaired) electrons. The Balaban J connectivity index is 1.42. The summed E-state index contributed by atoms with van der Waals surface area (Å²) in [7, 11) is 0. The lowest BCUT2D eigenvalue weighted by atomic mass is 10.2. The van der Waals surface area contributed by atoms with Crippen LogP contribution in [0.15, 0.2) is 50.7 Å². The highest BCUT2D eigenvalue weighted by Crippen LogP contribution is 2.29. The van der Waals surface area contributed by atoms with Gasteiger partial charge in [-0.15, -0.1) is 23.1 Å². The zero-order valence-electron chi connectivity index (χ0n) is 19.0. The number of nitrogens with one attached hydrogen (secondary N) is 3. The summed E-state index contributed by atoms with van der Waals surface area (Å²) in [6.45, 7) is 6.32. The van der Waals surface area contributed by atoms with Gasteiger partial charge in [-0.3, -0.25) is 14.4 Å². The van der Waals surface area contributed by atoms with Crippen molar-refractivity contribution in [1.82, 2.24) is 20.6 Å². The third-order valence-electron chi connectivity index (χ3n) is 5.20. The first-order valence-corrected chi connectivity index (χ1v) is 12.5. The van der Waals surface area contributed by atoms with Gasteiger partial charge in [0.1, 0.15) is 10.7 Å². The molecule has 0 atom stereocenters. The first kappa shape index (κ1) is 23.8. The van der Waals surface area contributed by atoms with Crippen LogP contribution in [-0.4, -0.2) is 34.9 Å². The Morgan fingerprint density at radius 1 is 1.12 bits per heavy atom. The molecule has 3 heterocycles. The van der Waals surface area contributed by atoms with Crippen molar-refractivity contribution in [2.24, 2.45) is 0 Å². The predicted octanol–water partition coefficient (Wildman–Crippen LogP) is 3.95. The van der Waals surface area contributed by atoms with Crippen molar-refractivity contribution >= 4 is 45.1 Å². The molecule has 10 heteroatoms. The van der Waals surface area contributed by atoms with Crippen LogP contribution in [0.1, 0.15) is 42.7 Å². The first-order chi connectivity index (χ1) is 16.3. The van der Waals surface area contributed by atoms with Gasteiger partial charge in [0.2, 0.25) is 0 Å². The van der Waals surface area contributed by atoms with Gasteiger partial charge in [0.25, 0.3) is 17.4 Å². The molecule has 0 spiro atoms. The number of aromatic amines is 1. The first-order valence-electron chi connectivity index (χ1n) is 10.7. The second-order valence-corrected chi connectivity index (χ2v) is 9.81. The van der Waals surface area contributed by atoms with E-state index in [-0.39, 0.29) is 36.2 Å². The molecule has 0 unspecified atom stereocenters. The smallest absolute Gasteiger partial charge is 0.287 e. The topological polar surface area (TPSA) is 117 Å². The third-order valence-corrected chi connectivity index (χ3v) is 7.56. The Bertz CT molecular complexity index is 1410. The second-order valence-electron chi connectivity index (χ2n) is 7.80. The Hall–Kier alpha value is -3.37. The molecular weight excluding hydrogens is 472 g/mol. The fourth-order valence-corrected chi connectivity index (χ4v) is 5.52. The molecular formula is C24H24N4O4S2. The van der Waals surface area contributed by atoms with Crippen LogP contribution in [0, 0.1) is 20.8 Å². The number of H-pyrrole nitrogens is 1. The van der Waals surface area contributed by atoms with Crippen LogP contribution in [0.4, 0.5) is 0 Å². The van der Waals surface area contributed by atoms with Crippen molar-refractivity contribution in [1.29, 1.82) is 0 Å². The standard InChI is InChI=1S/C24H24N4O4S2/c1-13-6-7-14(2)17(11-13)33-12-18-27-22(30)19-15(3)20(34-24(19)28-18)23(31)26-9-8-25-21(29)16-5-4-10-32-16/h4-7,10-11H,8-9,12H2,1-3H3,(H,25,29)(H,26,31)(H,27,28,30). The average molecular weight is 497 g/mol. The van der Waals surface area contributed by atoms with E-state index < -0.39 is 0 Å². The molecule has 176 valence electrons. The highest BCUT2D eigenvalue weighted by atomic mass is 32.2. The normalized spacial score (nSPS) is 11.0. The Morgan fingerprint density at radius 3 is 2.62 bits per heavy atom. The van der Waals surface area contributed by atoms with Gasteiger partial charge in [-0.2, -0.15) is 0 Å². The van der Waals surface area contributed by atoms with Crippen LogP contribution in [-0.2, 0) is 5.75 Å². The lowest BCUT2D eigenvalue weighted by Gasteiger charge is -2.06. The maximum absolute atomic E-state index is 12.8. The molecule has 0 bridgehead atoms. The molecule has 8 nitrogen and oxygen atoms in total. The van der Waals surface area contributed by atoms with Gasteiger partial charge < -0.3 is 20.0 Å². The number of fused-ring (bicyclic) bond motifs is 1. The summed E-state index contributed by atoms with van der Waals surface area (Å²) in [5, 5.41) is 5.88. The van der Waals surface area contributed by atoms with Crippen LogP contribution in [0.2, 0.25) is 0 Å². The van der Waals surface area contributed by atoms with Crippen molar-refractivity contribution in [3.05, 3.63) is 80.1 Å². The maximum Gasteiger partial charge on any atom is 0.287 e. The number of aryl methyl sites for hydroxylation is 3. The van der Waals surface area contributed by atoms with E-state index in [1.807, 2.05) is 6.92 Å². The summed E-state index contributed by atoms with van der Waals surface area (Å²) in [5.74, 6) is 0.641. The lowest BCUT2D eigenvalue weighted by Crippen LogP contribution is -2.34. The Kier molecular flexibility index (Phi) is 7.18. The maximum atomic E-state index is 12.8. The minimum absolute atomic E-state index is 0.212. The number of rotatable bonds is 8. The lowest BCUT2D eigenvalue weighted by molar-refractivity contribution is 0.0911. The van der Waals surface area contributed by atoms with Gasteiger partial charge in [-0.25, -0.2) is 4.98 Å². The van der Waals surface area contributed by atoms with Gasteiger partial charge in [-0.1, -0.05) is 17.7 Å². The highest BCUT2D eigenvalue weighted by Gasteiger charge is 2.19.